The normalized spacial score (nSPS) is 20.9. The molecule has 0 bridgehead atoms. The molecule has 0 amide bonds. The Morgan fingerprint density at radius 2 is 2.27 bits per heavy atom. The van der Waals surface area contributed by atoms with Crippen molar-refractivity contribution in [2.24, 2.45) is 5.73 Å². The van der Waals surface area contributed by atoms with Gasteiger partial charge in [-0.15, -0.1) is 6.58 Å². The molecule has 1 aliphatic heterocycles. The van der Waals surface area contributed by atoms with Gasteiger partial charge in [0.2, 0.25) is 0 Å². The zero-order valence-corrected chi connectivity index (χ0v) is 9.32. The average molecular weight is 212 g/mol. The number of carbonyl (C=O) groups excluding carboxylic acids is 1. The number of esters is 1. The molecule has 0 spiro atoms. The summed E-state index contributed by atoms with van der Waals surface area (Å²) in [5.41, 5.74) is 5.62. The van der Waals surface area contributed by atoms with E-state index in [2.05, 4.69) is 18.5 Å². The Bertz CT molecular complexity index is 223. The number of hydrogen-bond donors (Lipinski definition) is 1. The molecule has 2 N–H and O–H groups in total. The van der Waals surface area contributed by atoms with Gasteiger partial charge >= 0.3 is 5.97 Å². The van der Waals surface area contributed by atoms with Crippen LogP contribution in [0.4, 0.5) is 0 Å². The molecule has 1 fully saturated rings. The van der Waals surface area contributed by atoms with Crippen LogP contribution in [0.2, 0.25) is 0 Å². The SMILES string of the molecule is C=CCC(N)C(=O)OC1CCN(C)CC1. The first kappa shape index (κ1) is 12.2. The smallest absolute Gasteiger partial charge is 0.323 e. The third kappa shape index (κ3) is 4.01. The third-order valence-electron chi connectivity index (χ3n) is 2.67. The molecule has 86 valence electrons. The Balaban J connectivity index is 2.28. The fourth-order valence-electron chi connectivity index (χ4n) is 1.63. The van der Waals surface area contributed by atoms with E-state index in [9.17, 15) is 4.79 Å². The van der Waals surface area contributed by atoms with Gasteiger partial charge in [0.05, 0.1) is 0 Å². The van der Waals surface area contributed by atoms with Gasteiger partial charge in [-0.25, -0.2) is 0 Å². The van der Waals surface area contributed by atoms with E-state index in [4.69, 9.17) is 10.5 Å². The second-order valence-corrected chi connectivity index (χ2v) is 4.07. The number of ether oxygens (including phenoxy) is 1. The number of hydrogen-bond acceptors (Lipinski definition) is 4. The van der Waals surface area contributed by atoms with Crippen molar-refractivity contribution < 1.29 is 9.53 Å². The topological polar surface area (TPSA) is 55.6 Å². The van der Waals surface area contributed by atoms with Crippen molar-refractivity contribution in [3.8, 4) is 0 Å². The molecule has 4 nitrogen and oxygen atoms in total. The highest BCUT2D eigenvalue weighted by Crippen LogP contribution is 2.13. The standard InChI is InChI=1S/C11H20N2O2/c1-3-4-10(12)11(14)15-9-5-7-13(2)8-6-9/h3,9-10H,1,4-8,12H2,2H3. The van der Waals surface area contributed by atoms with Crippen LogP contribution in [-0.2, 0) is 9.53 Å². The number of piperidine rings is 1. The van der Waals surface area contributed by atoms with Gasteiger partial charge in [0, 0.05) is 13.1 Å². The van der Waals surface area contributed by atoms with Crippen LogP contribution in [0, 0.1) is 0 Å². The first-order chi connectivity index (χ1) is 7.13. The van der Waals surface area contributed by atoms with E-state index in [0.29, 0.717) is 6.42 Å². The first-order valence-electron chi connectivity index (χ1n) is 5.39. The van der Waals surface area contributed by atoms with Crippen LogP contribution < -0.4 is 5.73 Å². The highest BCUT2D eigenvalue weighted by molar-refractivity contribution is 5.75. The van der Waals surface area contributed by atoms with Crippen LogP contribution in [0.1, 0.15) is 19.3 Å². The van der Waals surface area contributed by atoms with Crippen molar-refractivity contribution in [2.75, 3.05) is 20.1 Å². The molecule has 0 aromatic rings. The second-order valence-electron chi connectivity index (χ2n) is 4.07. The molecule has 1 rings (SSSR count). The van der Waals surface area contributed by atoms with Crippen LogP contribution in [0.15, 0.2) is 12.7 Å². The summed E-state index contributed by atoms with van der Waals surface area (Å²) < 4.78 is 5.32. The Morgan fingerprint density at radius 1 is 1.67 bits per heavy atom. The van der Waals surface area contributed by atoms with Gasteiger partial charge in [-0.05, 0) is 26.3 Å². The highest BCUT2D eigenvalue weighted by atomic mass is 16.5. The molecule has 1 unspecified atom stereocenters. The lowest BCUT2D eigenvalue weighted by molar-refractivity contribution is -0.152. The lowest BCUT2D eigenvalue weighted by Gasteiger charge is -2.29. The Hall–Kier alpha value is -0.870. The molecule has 0 aromatic heterocycles. The summed E-state index contributed by atoms with van der Waals surface area (Å²) in [6.45, 7) is 5.51. The summed E-state index contributed by atoms with van der Waals surface area (Å²) >= 11 is 0. The van der Waals surface area contributed by atoms with E-state index in [1.807, 2.05) is 0 Å². The van der Waals surface area contributed by atoms with Crippen molar-refractivity contribution in [3.63, 3.8) is 0 Å². The monoisotopic (exact) mass is 212 g/mol. The van der Waals surface area contributed by atoms with Crippen molar-refractivity contribution in [1.82, 2.24) is 4.90 Å². The minimum absolute atomic E-state index is 0.0459. The number of nitrogens with zero attached hydrogens (tertiary/aromatic N) is 1. The predicted octanol–water partition coefficient (Wildman–Crippen LogP) is 0.527. The predicted molar refractivity (Wildman–Crippen MR) is 59.4 cm³/mol. The zero-order chi connectivity index (χ0) is 11.3. The molecule has 0 aliphatic carbocycles. The van der Waals surface area contributed by atoms with Gasteiger partial charge in [0.15, 0.2) is 0 Å². The molecule has 1 saturated heterocycles. The first-order valence-corrected chi connectivity index (χ1v) is 5.39. The summed E-state index contributed by atoms with van der Waals surface area (Å²) in [5, 5.41) is 0. The van der Waals surface area contributed by atoms with Gasteiger partial charge in [-0.2, -0.15) is 0 Å². The van der Waals surface area contributed by atoms with Gasteiger partial charge in [0.1, 0.15) is 12.1 Å². The van der Waals surface area contributed by atoms with Crippen LogP contribution in [0.5, 0.6) is 0 Å². The van der Waals surface area contributed by atoms with Crippen LogP contribution >= 0.6 is 0 Å². The molecule has 1 atom stereocenters. The third-order valence-corrected chi connectivity index (χ3v) is 2.67. The van der Waals surface area contributed by atoms with Crippen LogP contribution in [0.25, 0.3) is 0 Å². The molecule has 15 heavy (non-hydrogen) atoms. The number of carbonyl (C=O) groups is 1. The molecule has 0 aromatic carbocycles. The second kappa shape index (κ2) is 5.88. The molecule has 0 radical (unpaired) electrons. The molecular weight excluding hydrogens is 192 g/mol. The van der Waals surface area contributed by atoms with E-state index in [0.717, 1.165) is 25.9 Å². The number of nitrogens with two attached hydrogens (primary N) is 1. The Morgan fingerprint density at radius 3 is 2.80 bits per heavy atom. The largest absolute Gasteiger partial charge is 0.461 e. The number of rotatable bonds is 4. The van der Waals surface area contributed by atoms with Crippen molar-refractivity contribution >= 4 is 5.97 Å². The minimum atomic E-state index is -0.554. The summed E-state index contributed by atoms with van der Waals surface area (Å²) in [6, 6.07) is -0.554. The molecule has 4 heteroatoms. The zero-order valence-electron chi connectivity index (χ0n) is 9.32. The van der Waals surface area contributed by atoms with E-state index in [1.165, 1.54) is 0 Å². The maximum Gasteiger partial charge on any atom is 0.323 e. The maximum absolute atomic E-state index is 11.5. The fraction of sp³-hybridized carbons (Fsp3) is 0.727. The summed E-state index contributed by atoms with van der Waals surface area (Å²) in [4.78, 5) is 13.7. The van der Waals surface area contributed by atoms with E-state index < -0.39 is 6.04 Å². The average Bonchev–Trinajstić information content (AvgIpc) is 2.22. The number of likely N-dealkylation sites (tertiary alicyclic amines) is 1. The lowest BCUT2D eigenvalue weighted by atomic mass is 10.1. The Labute approximate surface area is 91.1 Å². The quantitative estimate of drug-likeness (QED) is 0.545. The van der Waals surface area contributed by atoms with Gasteiger partial charge in [-0.1, -0.05) is 6.08 Å². The van der Waals surface area contributed by atoms with Crippen molar-refractivity contribution in [1.29, 1.82) is 0 Å². The van der Waals surface area contributed by atoms with E-state index >= 15 is 0 Å². The molecule has 1 heterocycles. The summed E-state index contributed by atoms with van der Waals surface area (Å²) in [6.07, 6.45) is 3.97. The fourth-order valence-corrected chi connectivity index (χ4v) is 1.63. The summed E-state index contributed by atoms with van der Waals surface area (Å²) in [5.74, 6) is -0.301. The lowest BCUT2D eigenvalue weighted by Crippen LogP contribution is -2.39. The summed E-state index contributed by atoms with van der Waals surface area (Å²) in [7, 11) is 2.07. The molecular formula is C11H20N2O2. The van der Waals surface area contributed by atoms with Crippen LogP contribution in [0.3, 0.4) is 0 Å². The van der Waals surface area contributed by atoms with E-state index in [-0.39, 0.29) is 12.1 Å². The molecule has 0 saturated carbocycles. The van der Waals surface area contributed by atoms with E-state index in [1.54, 1.807) is 6.08 Å². The van der Waals surface area contributed by atoms with Crippen LogP contribution in [-0.4, -0.2) is 43.2 Å². The van der Waals surface area contributed by atoms with Gasteiger partial charge < -0.3 is 15.4 Å². The highest BCUT2D eigenvalue weighted by Gasteiger charge is 2.22. The van der Waals surface area contributed by atoms with Crippen molar-refractivity contribution in [2.45, 2.75) is 31.4 Å². The van der Waals surface area contributed by atoms with Gasteiger partial charge in [-0.3, -0.25) is 4.79 Å². The van der Waals surface area contributed by atoms with Gasteiger partial charge in [0.25, 0.3) is 0 Å². The Kier molecular flexibility index (Phi) is 4.78. The molecule has 1 aliphatic rings. The minimum Gasteiger partial charge on any atom is -0.461 e. The maximum atomic E-state index is 11.5. The van der Waals surface area contributed by atoms with Crippen molar-refractivity contribution in [3.05, 3.63) is 12.7 Å².